The van der Waals surface area contributed by atoms with Crippen molar-refractivity contribution >= 4 is 49.1 Å². The fraction of sp³-hybridized carbons (Fsp3) is 0.545. The fourth-order valence-electron chi connectivity index (χ4n) is 1.60. The summed E-state index contributed by atoms with van der Waals surface area (Å²) in [5.41, 5.74) is -0.369. The molecule has 1 atom stereocenters. The zero-order valence-corrected chi connectivity index (χ0v) is 14.4. The molecule has 1 heterocycles. The number of carbonyl (C=O) groups is 1. The van der Waals surface area contributed by atoms with Crippen LogP contribution in [0.4, 0.5) is 0 Å². The van der Waals surface area contributed by atoms with E-state index in [9.17, 15) is 9.90 Å². The van der Waals surface area contributed by atoms with Gasteiger partial charge in [-0.2, -0.15) is 0 Å². The molecule has 0 radical (unpaired) electrons. The average molecular weight is 400 g/mol. The van der Waals surface area contributed by atoms with Crippen LogP contribution in [0.3, 0.4) is 0 Å². The predicted octanol–water partition coefficient (Wildman–Crippen LogP) is 2.32. The number of amides is 1. The van der Waals surface area contributed by atoms with Gasteiger partial charge < -0.3 is 15.3 Å². The quantitative estimate of drug-likeness (QED) is 0.798. The molecule has 0 fully saturated rings. The van der Waals surface area contributed by atoms with Gasteiger partial charge in [-0.25, -0.2) is 0 Å². The summed E-state index contributed by atoms with van der Waals surface area (Å²) in [6, 6.07) is 1.75. The minimum Gasteiger partial charge on any atom is -0.387 e. The summed E-state index contributed by atoms with van der Waals surface area (Å²) < 4.78 is 1.67. The molecule has 102 valence electrons. The van der Waals surface area contributed by atoms with E-state index in [0.717, 1.165) is 7.57 Å². The van der Waals surface area contributed by atoms with E-state index in [4.69, 9.17) is 0 Å². The lowest BCUT2D eigenvalue weighted by atomic mass is 10.1. The molecule has 0 saturated heterocycles. The number of hydrogen-bond donors (Lipinski definition) is 2. The number of rotatable bonds is 5. The lowest BCUT2D eigenvalue weighted by molar-refractivity contribution is 0.0326. The first-order valence-corrected chi connectivity index (χ1v) is 7.72. The average Bonchev–Trinajstić information content (AvgIpc) is 2.52. The molecule has 0 aliphatic rings. The first-order valence-electron chi connectivity index (χ1n) is 5.31. The van der Waals surface area contributed by atoms with E-state index in [1.807, 2.05) is 19.0 Å². The first kappa shape index (κ1) is 16.1. The molecule has 7 heteroatoms. The Balaban J connectivity index is 2.59. The largest absolute Gasteiger partial charge is 0.387 e. The van der Waals surface area contributed by atoms with Crippen LogP contribution < -0.4 is 5.32 Å². The Morgan fingerprint density at radius 1 is 1.56 bits per heavy atom. The molecule has 0 aliphatic heterocycles. The molecule has 1 aromatic heterocycles. The maximum Gasteiger partial charge on any atom is 0.253 e. The van der Waals surface area contributed by atoms with Gasteiger partial charge in [0.05, 0.1) is 18.7 Å². The molecule has 18 heavy (non-hydrogen) atoms. The topological polar surface area (TPSA) is 52.6 Å². The van der Waals surface area contributed by atoms with Crippen molar-refractivity contribution in [3.63, 3.8) is 0 Å². The molecule has 1 rings (SSSR count). The van der Waals surface area contributed by atoms with Crippen molar-refractivity contribution < 1.29 is 9.90 Å². The Labute approximate surface area is 128 Å². The van der Waals surface area contributed by atoms with Gasteiger partial charge in [-0.05, 0) is 58.9 Å². The lowest BCUT2D eigenvalue weighted by Gasteiger charge is -2.27. The normalized spacial score (nSPS) is 14.6. The smallest absolute Gasteiger partial charge is 0.253 e. The molecule has 0 aromatic carbocycles. The number of nitrogens with one attached hydrogen (secondary N) is 1. The van der Waals surface area contributed by atoms with E-state index in [2.05, 4.69) is 37.2 Å². The minimum absolute atomic E-state index is 0.192. The van der Waals surface area contributed by atoms with Gasteiger partial charge in [0.2, 0.25) is 0 Å². The third-order valence-corrected chi connectivity index (χ3v) is 4.53. The Morgan fingerprint density at radius 2 is 2.17 bits per heavy atom. The Morgan fingerprint density at radius 3 is 2.61 bits per heavy atom. The van der Waals surface area contributed by atoms with Crippen molar-refractivity contribution in [3.8, 4) is 0 Å². The maximum absolute atomic E-state index is 11.9. The van der Waals surface area contributed by atoms with Crippen molar-refractivity contribution in [3.05, 3.63) is 19.2 Å². The van der Waals surface area contributed by atoms with Crippen molar-refractivity contribution in [2.45, 2.75) is 12.5 Å². The van der Waals surface area contributed by atoms with E-state index in [0.29, 0.717) is 12.1 Å². The molecular formula is C11H16Br2N2O2S. The van der Waals surface area contributed by atoms with Crippen LogP contribution in [0, 0.1) is 0 Å². The Bertz CT molecular complexity index is 433. The fourth-order valence-corrected chi connectivity index (χ4v) is 4.39. The van der Waals surface area contributed by atoms with Crippen LogP contribution >= 0.6 is 43.2 Å². The summed E-state index contributed by atoms with van der Waals surface area (Å²) >= 11 is 8.11. The summed E-state index contributed by atoms with van der Waals surface area (Å²) in [7, 11) is 3.76. The molecule has 0 spiro atoms. The van der Waals surface area contributed by atoms with Crippen LogP contribution in [-0.4, -0.2) is 48.7 Å². The van der Waals surface area contributed by atoms with Crippen LogP contribution in [0.2, 0.25) is 0 Å². The van der Waals surface area contributed by atoms with Gasteiger partial charge in [0.1, 0.15) is 0 Å². The number of likely N-dealkylation sites (N-methyl/N-ethyl adjacent to an activating group) is 1. The molecule has 0 saturated carbocycles. The van der Waals surface area contributed by atoms with Gasteiger partial charge in [0, 0.05) is 13.1 Å². The molecule has 0 aliphatic carbocycles. The summed E-state index contributed by atoms with van der Waals surface area (Å²) in [6.07, 6.45) is 0. The number of thiophene rings is 1. The van der Waals surface area contributed by atoms with Gasteiger partial charge in [-0.3, -0.25) is 4.79 Å². The summed E-state index contributed by atoms with van der Waals surface area (Å²) in [5.74, 6) is -0.192. The standard InChI is InChI=1S/C11H16Br2N2O2S/c1-11(17,6-15(2)3)5-14-10(16)7-4-8(12)18-9(7)13/h4,17H,5-6H2,1-3H3,(H,14,16). The van der Waals surface area contributed by atoms with E-state index >= 15 is 0 Å². The van der Waals surface area contributed by atoms with E-state index in [1.54, 1.807) is 13.0 Å². The second-order valence-corrected chi connectivity index (χ2v) is 8.40. The maximum atomic E-state index is 11.9. The third-order valence-electron chi connectivity index (χ3n) is 2.19. The second kappa shape index (κ2) is 6.47. The van der Waals surface area contributed by atoms with Crippen LogP contribution in [0.25, 0.3) is 0 Å². The SMILES string of the molecule is CN(C)CC(C)(O)CNC(=O)c1cc(Br)sc1Br. The van der Waals surface area contributed by atoms with Crippen molar-refractivity contribution in [1.29, 1.82) is 0 Å². The van der Waals surface area contributed by atoms with Crippen molar-refractivity contribution in [1.82, 2.24) is 10.2 Å². The van der Waals surface area contributed by atoms with Crippen LogP contribution in [0.15, 0.2) is 13.6 Å². The van der Waals surface area contributed by atoms with Gasteiger partial charge in [-0.1, -0.05) is 0 Å². The molecule has 1 unspecified atom stereocenters. The highest BCUT2D eigenvalue weighted by Gasteiger charge is 2.23. The molecule has 0 bridgehead atoms. The zero-order valence-electron chi connectivity index (χ0n) is 10.5. The Hall–Kier alpha value is 0.0500. The highest BCUT2D eigenvalue weighted by atomic mass is 79.9. The zero-order chi connectivity index (χ0) is 13.9. The van der Waals surface area contributed by atoms with Crippen LogP contribution in [0.5, 0.6) is 0 Å². The van der Waals surface area contributed by atoms with Gasteiger partial charge in [0.15, 0.2) is 0 Å². The predicted molar refractivity (Wildman–Crippen MR) is 81.2 cm³/mol. The number of carbonyl (C=O) groups excluding carboxylic acids is 1. The van der Waals surface area contributed by atoms with E-state index in [-0.39, 0.29) is 12.5 Å². The minimum atomic E-state index is -0.946. The van der Waals surface area contributed by atoms with Crippen LogP contribution in [-0.2, 0) is 0 Å². The molecule has 1 amide bonds. The number of halogens is 2. The molecule has 2 N–H and O–H groups in total. The van der Waals surface area contributed by atoms with E-state index in [1.165, 1.54) is 11.3 Å². The molecule has 1 aromatic rings. The van der Waals surface area contributed by atoms with Gasteiger partial charge >= 0.3 is 0 Å². The summed E-state index contributed by atoms with van der Waals surface area (Å²) in [6.45, 7) is 2.40. The number of aliphatic hydroxyl groups is 1. The van der Waals surface area contributed by atoms with Crippen LogP contribution in [0.1, 0.15) is 17.3 Å². The highest BCUT2D eigenvalue weighted by molar-refractivity contribution is 9.12. The van der Waals surface area contributed by atoms with Crippen molar-refractivity contribution in [2.75, 3.05) is 27.2 Å². The summed E-state index contributed by atoms with van der Waals surface area (Å²) in [5, 5.41) is 12.8. The number of hydrogen-bond acceptors (Lipinski definition) is 4. The monoisotopic (exact) mass is 398 g/mol. The Kier molecular flexibility index (Phi) is 5.79. The highest BCUT2D eigenvalue weighted by Crippen LogP contribution is 2.31. The lowest BCUT2D eigenvalue weighted by Crippen LogP contribution is -2.47. The molecular weight excluding hydrogens is 384 g/mol. The number of nitrogens with zero attached hydrogens (tertiary/aromatic N) is 1. The second-order valence-electron chi connectivity index (χ2n) is 4.66. The van der Waals surface area contributed by atoms with Gasteiger partial charge in [-0.15, -0.1) is 11.3 Å². The van der Waals surface area contributed by atoms with Gasteiger partial charge in [0.25, 0.3) is 5.91 Å². The molecule has 4 nitrogen and oxygen atoms in total. The summed E-state index contributed by atoms with van der Waals surface area (Å²) in [4.78, 5) is 13.8. The van der Waals surface area contributed by atoms with Crippen molar-refractivity contribution in [2.24, 2.45) is 0 Å². The third kappa shape index (κ3) is 4.97. The van der Waals surface area contributed by atoms with E-state index < -0.39 is 5.60 Å². The first-order chi connectivity index (χ1) is 8.21.